The molecule has 3 aromatic rings. The Balaban J connectivity index is 0.000000225. The average Bonchev–Trinajstić information content (AvgIpc) is 3.49. The van der Waals surface area contributed by atoms with Crippen LogP contribution in [0.3, 0.4) is 0 Å². The Morgan fingerprint density at radius 2 is 1.89 bits per heavy atom. The van der Waals surface area contributed by atoms with Crippen LogP contribution in [0.1, 0.15) is 12.0 Å². The van der Waals surface area contributed by atoms with Gasteiger partial charge in [-0.15, -0.1) is 16.8 Å². The lowest BCUT2D eigenvalue weighted by Gasteiger charge is -2.17. The van der Waals surface area contributed by atoms with Crippen molar-refractivity contribution in [3.63, 3.8) is 0 Å². The number of likely N-dealkylation sites (tertiary alicyclic amines) is 1. The molecule has 1 aliphatic rings. The second kappa shape index (κ2) is 10.2. The van der Waals surface area contributed by atoms with Crippen molar-refractivity contribution < 1.29 is 35.6 Å². The molecule has 1 amide bonds. The molecule has 8 nitrogen and oxygen atoms in total. The smallest absolute Gasteiger partial charge is 0.416 e. The highest BCUT2D eigenvalue weighted by molar-refractivity contribution is 5.82. The number of carbonyl (C=O) groups excluding carboxylic acids is 1. The fourth-order valence-electron chi connectivity index (χ4n) is 3.26. The van der Waals surface area contributed by atoms with E-state index < -0.39 is 36.3 Å². The van der Waals surface area contributed by atoms with Gasteiger partial charge in [0, 0.05) is 25.5 Å². The maximum Gasteiger partial charge on any atom is 0.416 e. The van der Waals surface area contributed by atoms with Gasteiger partial charge in [-0.2, -0.15) is 31.4 Å². The van der Waals surface area contributed by atoms with Gasteiger partial charge in [-0.25, -0.2) is 0 Å². The maximum atomic E-state index is 12.5. The van der Waals surface area contributed by atoms with Crippen molar-refractivity contribution in [2.45, 2.75) is 18.8 Å². The molecule has 4 rings (SSSR count). The van der Waals surface area contributed by atoms with Crippen LogP contribution in [-0.2, 0) is 18.0 Å². The molecule has 3 heterocycles. The van der Waals surface area contributed by atoms with Crippen molar-refractivity contribution in [2.75, 3.05) is 18.4 Å². The zero-order valence-electron chi connectivity index (χ0n) is 18.3. The first kappa shape index (κ1) is 25.8. The van der Waals surface area contributed by atoms with Crippen LogP contribution in [-0.4, -0.2) is 50.1 Å². The van der Waals surface area contributed by atoms with E-state index in [0.717, 1.165) is 17.0 Å². The van der Waals surface area contributed by atoms with Gasteiger partial charge >= 0.3 is 12.4 Å². The predicted octanol–water partition coefficient (Wildman–Crippen LogP) is 4.82. The molecule has 0 spiro atoms. The molecule has 2 aromatic heterocycles. The minimum atomic E-state index is -4.36. The molecule has 14 heteroatoms. The van der Waals surface area contributed by atoms with Gasteiger partial charge in [-0.3, -0.25) is 9.48 Å². The van der Waals surface area contributed by atoms with Gasteiger partial charge in [0.25, 0.3) is 5.89 Å². The summed E-state index contributed by atoms with van der Waals surface area (Å²) in [5.41, 5.74) is 0.309. The third kappa shape index (κ3) is 6.83. The molecule has 1 fully saturated rings. The van der Waals surface area contributed by atoms with Crippen molar-refractivity contribution in [1.29, 1.82) is 0 Å². The van der Waals surface area contributed by atoms with Gasteiger partial charge in [0.2, 0.25) is 12.3 Å². The summed E-state index contributed by atoms with van der Waals surface area (Å²) in [6.45, 7) is 2.43. The van der Waals surface area contributed by atoms with Crippen LogP contribution >= 0.6 is 0 Å². The topological polar surface area (TPSA) is 89.1 Å². The third-order valence-corrected chi connectivity index (χ3v) is 4.89. The summed E-state index contributed by atoms with van der Waals surface area (Å²) in [4.78, 5) is 12.0. The number of hydrogen-bond donors (Lipinski definition) is 1. The van der Waals surface area contributed by atoms with Crippen molar-refractivity contribution >= 4 is 17.4 Å². The summed E-state index contributed by atoms with van der Waals surface area (Å²) >= 11 is 0. The van der Waals surface area contributed by atoms with Crippen LogP contribution in [0.2, 0.25) is 0 Å². The molecule has 0 saturated carbocycles. The lowest BCUT2D eigenvalue weighted by molar-refractivity contribution is -0.158. The summed E-state index contributed by atoms with van der Waals surface area (Å²) in [7, 11) is 1.71. The summed E-state index contributed by atoms with van der Waals surface area (Å²) in [5, 5.41) is 14.5. The molecule has 0 radical (unpaired) electrons. The predicted molar refractivity (Wildman–Crippen MR) is 112 cm³/mol. The number of halogens is 6. The van der Waals surface area contributed by atoms with Crippen molar-refractivity contribution in [3.8, 4) is 11.5 Å². The zero-order valence-corrected chi connectivity index (χ0v) is 18.3. The Morgan fingerprint density at radius 3 is 2.40 bits per heavy atom. The molecular formula is C21H20F6N6O2. The molecule has 0 unspecified atom stereocenters. The lowest BCUT2D eigenvalue weighted by atomic mass is 10.1. The number of amides is 1. The van der Waals surface area contributed by atoms with Gasteiger partial charge in [-0.1, -0.05) is 6.08 Å². The molecule has 1 atom stereocenters. The molecular weight excluding hydrogens is 482 g/mol. The lowest BCUT2D eigenvalue weighted by Crippen LogP contribution is -2.36. The number of aromatic nitrogens is 4. The Bertz CT molecular complexity index is 1140. The highest BCUT2D eigenvalue weighted by atomic mass is 19.4. The van der Waals surface area contributed by atoms with Gasteiger partial charge < -0.3 is 14.6 Å². The second-order valence-electron chi connectivity index (χ2n) is 7.51. The minimum Gasteiger partial charge on any atom is -0.423 e. The Morgan fingerprint density at radius 1 is 1.20 bits per heavy atom. The van der Waals surface area contributed by atoms with E-state index in [2.05, 4.69) is 27.2 Å². The van der Waals surface area contributed by atoms with Crippen LogP contribution < -0.4 is 5.32 Å². The molecule has 1 aliphatic heterocycles. The molecule has 1 N–H and O–H groups in total. The molecule has 0 aliphatic carbocycles. The van der Waals surface area contributed by atoms with Gasteiger partial charge in [0.05, 0.1) is 11.5 Å². The van der Waals surface area contributed by atoms with Crippen LogP contribution in [0.5, 0.6) is 0 Å². The molecule has 1 saturated heterocycles. The quantitative estimate of drug-likeness (QED) is 0.398. The number of rotatable bonds is 5. The van der Waals surface area contributed by atoms with Gasteiger partial charge in [-0.05, 0) is 30.7 Å². The van der Waals surface area contributed by atoms with E-state index in [-0.39, 0.29) is 12.4 Å². The minimum absolute atomic E-state index is 0.176. The first-order valence-corrected chi connectivity index (χ1v) is 10.1. The maximum absolute atomic E-state index is 12.5. The fourth-order valence-corrected chi connectivity index (χ4v) is 3.26. The van der Waals surface area contributed by atoms with E-state index in [4.69, 9.17) is 4.42 Å². The van der Waals surface area contributed by atoms with E-state index in [0.29, 0.717) is 23.5 Å². The van der Waals surface area contributed by atoms with Crippen molar-refractivity contribution in [2.24, 2.45) is 13.0 Å². The number of alkyl halides is 6. The Kier molecular flexibility index (Phi) is 7.51. The summed E-state index contributed by atoms with van der Waals surface area (Å²) < 4.78 is 79.9. The largest absolute Gasteiger partial charge is 0.423 e. The normalized spacial score (nSPS) is 16.1. The average molecular weight is 502 g/mol. The van der Waals surface area contributed by atoms with Gasteiger partial charge in [0.15, 0.2) is 5.82 Å². The van der Waals surface area contributed by atoms with E-state index in [9.17, 15) is 31.1 Å². The number of carbonyl (C=O) groups is 1. The van der Waals surface area contributed by atoms with Crippen LogP contribution in [0, 0.1) is 5.92 Å². The van der Waals surface area contributed by atoms with Crippen LogP contribution in [0.4, 0.5) is 37.8 Å². The highest BCUT2D eigenvalue weighted by Gasteiger charge is 2.38. The first-order valence-electron chi connectivity index (χ1n) is 10.1. The number of anilines is 2. The van der Waals surface area contributed by atoms with Crippen LogP contribution in [0.15, 0.2) is 53.9 Å². The van der Waals surface area contributed by atoms with Crippen molar-refractivity contribution in [1.82, 2.24) is 24.9 Å². The summed E-state index contributed by atoms with van der Waals surface area (Å²) in [6, 6.07) is 4.65. The fraction of sp³-hybridized carbons (Fsp3) is 0.333. The third-order valence-electron chi connectivity index (χ3n) is 4.89. The first-order chi connectivity index (χ1) is 16.4. The number of benzene rings is 1. The monoisotopic (exact) mass is 502 g/mol. The Labute approximate surface area is 195 Å². The van der Waals surface area contributed by atoms with E-state index >= 15 is 0 Å². The SMILES string of the molecule is C=C[C@H]1CCN(CC(F)(F)F)C1=O.Cn1cc(-c2nnco2)c(Nc2ccc(C(F)(F)F)cc2)n1. The van der Waals surface area contributed by atoms with E-state index in [1.54, 1.807) is 13.2 Å². The van der Waals surface area contributed by atoms with Crippen LogP contribution in [0.25, 0.3) is 11.5 Å². The van der Waals surface area contributed by atoms with Gasteiger partial charge in [0.1, 0.15) is 12.1 Å². The molecule has 1 aromatic carbocycles. The number of aryl methyl sites for hydroxylation is 1. The molecule has 188 valence electrons. The standard InChI is InChI=1S/C13H10F3N5O.C8H10F3NO/c1-21-6-10(12-19-17-7-22-12)11(20-21)18-9-4-2-8(3-5-9)13(14,15)16;1-2-6-3-4-12(7(6)13)5-8(9,10)11/h2-7H,1H3,(H,18,20);2,6H,1,3-5H2/t;6-/m.0/s1. The molecule has 35 heavy (non-hydrogen) atoms. The summed E-state index contributed by atoms with van der Waals surface area (Å²) in [5.74, 6) is -0.219. The highest BCUT2D eigenvalue weighted by Crippen LogP contribution is 2.32. The number of hydrogen-bond acceptors (Lipinski definition) is 6. The van der Waals surface area contributed by atoms with E-state index in [1.807, 2.05) is 0 Å². The zero-order chi connectivity index (χ0) is 25.8. The number of nitrogens with zero attached hydrogens (tertiary/aromatic N) is 5. The Hall–Kier alpha value is -3.84. The molecule has 0 bridgehead atoms. The second-order valence-corrected chi connectivity index (χ2v) is 7.51. The summed E-state index contributed by atoms with van der Waals surface area (Å²) in [6.07, 6.45) is -3.97. The van der Waals surface area contributed by atoms with E-state index in [1.165, 1.54) is 29.3 Å². The van der Waals surface area contributed by atoms with Crippen molar-refractivity contribution in [3.05, 3.63) is 55.1 Å². The number of nitrogens with one attached hydrogen (secondary N) is 1.